The van der Waals surface area contributed by atoms with Gasteiger partial charge in [0.05, 0.1) is 27.9 Å². The molecule has 0 aromatic heterocycles. The molecule has 3 rings (SSSR count). The van der Waals surface area contributed by atoms with E-state index in [1.54, 1.807) is 40.4 Å². The zero-order chi connectivity index (χ0) is 21.9. The van der Waals surface area contributed by atoms with Crippen LogP contribution in [0.3, 0.4) is 0 Å². The Morgan fingerprint density at radius 1 is 1.00 bits per heavy atom. The van der Waals surface area contributed by atoms with E-state index in [4.69, 9.17) is 14.2 Å². The van der Waals surface area contributed by atoms with Crippen LogP contribution in [-0.4, -0.2) is 43.7 Å². The number of ether oxygens (including phenoxy) is 3. The lowest BCUT2D eigenvalue weighted by Crippen LogP contribution is -2.44. The number of carbonyl (C=O) groups is 2. The molecule has 30 heavy (non-hydrogen) atoms. The summed E-state index contributed by atoms with van der Waals surface area (Å²) in [7, 11) is 4.71. The highest BCUT2D eigenvalue weighted by molar-refractivity contribution is 9.10. The van der Waals surface area contributed by atoms with Crippen molar-refractivity contribution >= 4 is 27.9 Å². The summed E-state index contributed by atoms with van der Waals surface area (Å²) in [5.74, 6) is 1.63. The summed E-state index contributed by atoms with van der Waals surface area (Å²) in [5.41, 5.74) is 0.857. The van der Waals surface area contributed by atoms with Crippen molar-refractivity contribution in [2.75, 3.05) is 21.3 Å². The molecule has 1 aliphatic heterocycles. The van der Waals surface area contributed by atoms with Crippen LogP contribution < -0.4 is 19.5 Å². The van der Waals surface area contributed by atoms with Crippen molar-refractivity contribution in [3.8, 4) is 17.2 Å². The molecule has 0 aliphatic carbocycles. The van der Waals surface area contributed by atoms with Gasteiger partial charge in [-0.2, -0.15) is 0 Å². The third kappa shape index (κ3) is 4.38. The molecule has 1 atom stereocenters. The zero-order valence-electron chi connectivity index (χ0n) is 17.5. The van der Waals surface area contributed by atoms with Crippen molar-refractivity contribution in [3.63, 3.8) is 0 Å². The Kier molecular flexibility index (Phi) is 6.55. The number of amides is 3. The van der Waals surface area contributed by atoms with Gasteiger partial charge in [-0.25, -0.2) is 4.79 Å². The Morgan fingerprint density at radius 2 is 1.63 bits per heavy atom. The van der Waals surface area contributed by atoms with Gasteiger partial charge in [0, 0.05) is 4.47 Å². The minimum absolute atomic E-state index is 0.129. The molecule has 2 aromatic rings. The Hall–Kier alpha value is -2.74. The van der Waals surface area contributed by atoms with Crippen molar-refractivity contribution < 1.29 is 23.8 Å². The molecule has 1 heterocycles. The molecule has 0 bridgehead atoms. The number of halogens is 1. The van der Waals surface area contributed by atoms with E-state index in [9.17, 15) is 9.59 Å². The van der Waals surface area contributed by atoms with Crippen molar-refractivity contribution in [2.24, 2.45) is 0 Å². The smallest absolute Gasteiger partial charge is 0.325 e. The molecule has 1 N–H and O–H groups in total. The van der Waals surface area contributed by atoms with Crippen LogP contribution in [0, 0.1) is 0 Å². The molecule has 1 fully saturated rings. The summed E-state index contributed by atoms with van der Waals surface area (Å²) in [6, 6.07) is 10.8. The lowest BCUT2D eigenvalue weighted by atomic mass is 9.93. The summed E-state index contributed by atoms with van der Waals surface area (Å²) in [4.78, 5) is 26.9. The molecule has 0 saturated carbocycles. The number of hydrogen-bond acceptors (Lipinski definition) is 5. The second-order valence-electron chi connectivity index (χ2n) is 7.30. The Labute approximate surface area is 184 Å². The quantitative estimate of drug-likeness (QED) is 0.584. The fraction of sp³-hybridized carbons (Fsp3) is 0.364. The normalized spacial score (nSPS) is 18.4. The van der Waals surface area contributed by atoms with Crippen molar-refractivity contribution in [1.82, 2.24) is 10.2 Å². The van der Waals surface area contributed by atoms with Crippen LogP contribution in [0.15, 0.2) is 40.9 Å². The summed E-state index contributed by atoms with van der Waals surface area (Å²) < 4.78 is 16.5. The van der Waals surface area contributed by atoms with E-state index in [1.807, 2.05) is 24.3 Å². The molecule has 3 amide bonds. The highest BCUT2D eigenvalue weighted by atomic mass is 79.9. The van der Waals surface area contributed by atoms with Gasteiger partial charge in [0.2, 0.25) is 0 Å². The molecular weight excluding hydrogens is 452 g/mol. The number of hydrogen-bond donors (Lipinski definition) is 1. The van der Waals surface area contributed by atoms with Crippen molar-refractivity contribution in [1.29, 1.82) is 0 Å². The highest BCUT2D eigenvalue weighted by Crippen LogP contribution is 2.35. The summed E-state index contributed by atoms with van der Waals surface area (Å²) in [5, 5.41) is 2.86. The Balaban J connectivity index is 1.73. The predicted molar refractivity (Wildman–Crippen MR) is 116 cm³/mol. The molecule has 1 unspecified atom stereocenters. The van der Waals surface area contributed by atoms with Crippen LogP contribution in [0.1, 0.15) is 24.5 Å². The first kappa shape index (κ1) is 22.0. The van der Waals surface area contributed by atoms with E-state index < -0.39 is 11.6 Å². The van der Waals surface area contributed by atoms with E-state index >= 15 is 0 Å². The van der Waals surface area contributed by atoms with Gasteiger partial charge >= 0.3 is 6.03 Å². The van der Waals surface area contributed by atoms with Crippen LogP contribution in [-0.2, 0) is 17.8 Å². The van der Waals surface area contributed by atoms with E-state index in [2.05, 4.69) is 21.2 Å². The highest BCUT2D eigenvalue weighted by Gasteiger charge is 2.47. The van der Waals surface area contributed by atoms with Gasteiger partial charge in [0.15, 0.2) is 11.5 Å². The minimum Gasteiger partial charge on any atom is -0.497 e. The van der Waals surface area contributed by atoms with Gasteiger partial charge in [-0.3, -0.25) is 9.69 Å². The Bertz CT molecular complexity index is 947. The lowest BCUT2D eigenvalue weighted by molar-refractivity contribution is -0.131. The molecule has 0 radical (unpaired) electrons. The molecule has 1 aliphatic rings. The largest absolute Gasteiger partial charge is 0.497 e. The number of nitrogens with one attached hydrogen (secondary N) is 1. The van der Waals surface area contributed by atoms with Crippen LogP contribution in [0.4, 0.5) is 4.79 Å². The van der Waals surface area contributed by atoms with Gasteiger partial charge in [-0.15, -0.1) is 0 Å². The number of nitrogens with zero attached hydrogens (tertiary/aromatic N) is 1. The Morgan fingerprint density at radius 3 is 2.23 bits per heavy atom. The van der Waals surface area contributed by atoms with Crippen LogP contribution in [0.25, 0.3) is 0 Å². The molecule has 1 saturated heterocycles. The van der Waals surface area contributed by atoms with Crippen molar-refractivity contribution in [3.05, 3.63) is 52.0 Å². The number of benzene rings is 2. The fourth-order valence-electron chi connectivity index (χ4n) is 3.43. The lowest BCUT2D eigenvalue weighted by Gasteiger charge is -2.22. The van der Waals surface area contributed by atoms with Gasteiger partial charge in [-0.1, -0.05) is 28.1 Å². The third-order valence-corrected chi connectivity index (χ3v) is 6.04. The summed E-state index contributed by atoms with van der Waals surface area (Å²) >= 11 is 3.48. The maximum absolute atomic E-state index is 13.1. The average Bonchev–Trinajstić information content (AvgIpc) is 2.96. The van der Waals surface area contributed by atoms with E-state index in [0.29, 0.717) is 24.3 Å². The van der Waals surface area contributed by atoms with E-state index in [-0.39, 0.29) is 12.5 Å². The van der Waals surface area contributed by atoms with Gasteiger partial charge in [0.1, 0.15) is 11.3 Å². The first-order valence-electron chi connectivity index (χ1n) is 9.48. The van der Waals surface area contributed by atoms with Gasteiger partial charge in [0.25, 0.3) is 5.91 Å². The monoisotopic (exact) mass is 476 g/mol. The SMILES string of the molecule is COc1ccc(CCC2(C)NC(=O)N(Cc3cc(OC)c(OC)cc3Br)C2=O)cc1. The maximum atomic E-state index is 13.1. The number of urea groups is 1. The molecule has 8 heteroatoms. The second-order valence-corrected chi connectivity index (χ2v) is 8.15. The van der Waals surface area contributed by atoms with Gasteiger partial charge < -0.3 is 19.5 Å². The topological polar surface area (TPSA) is 77.1 Å². The summed E-state index contributed by atoms with van der Waals surface area (Å²) in [6.45, 7) is 1.89. The van der Waals surface area contributed by atoms with Gasteiger partial charge in [-0.05, 0) is 55.2 Å². The zero-order valence-corrected chi connectivity index (χ0v) is 19.0. The van der Waals surface area contributed by atoms with Crippen LogP contribution in [0.2, 0.25) is 0 Å². The van der Waals surface area contributed by atoms with E-state index in [1.165, 1.54) is 4.90 Å². The number of carbonyl (C=O) groups excluding carboxylic acids is 2. The first-order chi connectivity index (χ1) is 14.3. The third-order valence-electron chi connectivity index (χ3n) is 5.30. The second kappa shape index (κ2) is 8.95. The maximum Gasteiger partial charge on any atom is 0.325 e. The molecular formula is C22H25BrN2O5. The van der Waals surface area contributed by atoms with Crippen LogP contribution in [0.5, 0.6) is 17.2 Å². The number of rotatable bonds is 8. The average molecular weight is 477 g/mol. The number of imide groups is 1. The standard InChI is InChI=1S/C22H25BrN2O5/c1-22(10-9-14-5-7-16(28-2)8-6-14)20(26)25(21(27)24-22)13-15-11-18(29-3)19(30-4)12-17(15)23/h5-8,11-12H,9-10,13H2,1-4H3,(H,24,27). The number of methoxy groups -OCH3 is 3. The van der Waals surface area contributed by atoms with E-state index in [0.717, 1.165) is 21.3 Å². The molecule has 160 valence electrons. The first-order valence-corrected chi connectivity index (χ1v) is 10.3. The fourth-order valence-corrected chi connectivity index (χ4v) is 3.88. The minimum atomic E-state index is -0.958. The number of aryl methyl sites for hydroxylation is 1. The summed E-state index contributed by atoms with van der Waals surface area (Å²) in [6.07, 6.45) is 1.15. The molecule has 7 nitrogen and oxygen atoms in total. The van der Waals surface area contributed by atoms with Crippen molar-refractivity contribution in [2.45, 2.75) is 31.8 Å². The molecule has 0 spiro atoms. The van der Waals surface area contributed by atoms with Crippen LogP contribution >= 0.6 is 15.9 Å². The molecule has 2 aromatic carbocycles. The predicted octanol–water partition coefficient (Wildman–Crippen LogP) is 3.92.